The predicted octanol–water partition coefficient (Wildman–Crippen LogP) is 2.66. The smallest absolute Gasteiger partial charge is 0.319 e. The molecule has 0 unspecified atom stereocenters. The number of amides is 3. The molecule has 140 valence electrons. The molecular weight excluding hydrogens is 381 g/mol. The molecule has 0 spiro atoms. The number of anilines is 1. The Labute approximate surface area is 157 Å². The maximum atomic E-state index is 13.0. The van der Waals surface area contributed by atoms with E-state index in [-0.39, 0.29) is 16.4 Å². The summed E-state index contributed by atoms with van der Waals surface area (Å²) < 4.78 is 13.0. The molecule has 3 N–H and O–H groups in total. The van der Waals surface area contributed by atoms with Gasteiger partial charge in [0.05, 0.1) is 21.8 Å². The Morgan fingerprint density at radius 3 is 2.70 bits per heavy atom. The van der Waals surface area contributed by atoms with Crippen molar-refractivity contribution in [3.8, 4) is 0 Å². The van der Waals surface area contributed by atoms with Crippen LogP contribution < -0.4 is 16.1 Å². The molecule has 0 aromatic heterocycles. The average Bonchev–Trinajstić information content (AvgIpc) is 2.61. The molecule has 0 saturated heterocycles. The van der Waals surface area contributed by atoms with Gasteiger partial charge in [0.25, 0.3) is 11.6 Å². The van der Waals surface area contributed by atoms with E-state index in [1.165, 1.54) is 36.5 Å². The van der Waals surface area contributed by atoms with Crippen LogP contribution in [0.2, 0.25) is 5.02 Å². The Morgan fingerprint density at radius 2 is 2.04 bits per heavy atom. The molecule has 2 aromatic carbocycles. The quantitative estimate of drug-likeness (QED) is 0.396. The Kier molecular flexibility index (Phi) is 6.78. The van der Waals surface area contributed by atoms with Crippen LogP contribution in [0.4, 0.5) is 20.6 Å². The largest absolute Gasteiger partial charge is 0.329 e. The summed E-state index contributed by atoms with van der Waals surface area (Å²) in [6.45, 7) is -0.392. The molecule has 0 bridgehead atoms. The second kappa shape index (κ2) is 9.25. The number of carbonyl (C=O) groups is 2. The second-order valence-electron chi connectivity index (χ2n) is 5.08. The van der Waals surface area contributed by atoms with Crippen molar-refractivity contribution in [2.24, 2.45) is 5.10 Å². The molecule has 3 amide bonds. The number of hydrogen-bond acceptors (Lipinski definition) is 5. The van der Waals surface area contributed by atoms with Gasteiger partial charge in [0, 0.05) is 12.1 Å². The minimum Gasteiger partial charge on any atom is -0.329 e. The van der Waals surface area contributed by atoms with E-state index in [2.05, 4.69) is 21.2 Å². The van der Waals surface area contributed by atoms with Crippen LogP contribution in [0, 0.1) is 15.9 Å². The van der Waals surface area contributed by atoms with Crippen LogP contribution in [0.3, 0.4) is 0 Å². The number of nitrogens with zero attached hydrogens (tertiary/aromatic N) is 2. The van der Waals surface area contributed by atoms with Gasteiger partial charge in [-0.3, -0.25) is 14.9 Å². The highest BCUT2D eigenvalue weighted by Gasteiger charge is 2.12. The van der Waals surface area contributed by atoms with Crippen molar-refractivity contribution >= 4 is 41.1 Å². The van der Waals surface area contributed by atoms with Gasteiger partial charge in [0.1, 0.15) is 12.4 Å². The first-order valence-corrected chi connectivity index (χ1v) is 7.79. The molecule has 2 aromatic rings. The monoisotopic (exact) mass is 393 g/mol. The van der Waals surface area contributed by atoms with Crippen molar-refractivity contribution in [2.75, 3.05) is 11.9 Å². The number of nitro benzene ring substituents is 1. The van der Waals surface area contributed by atoms with Gasteiger partial charge in [-0.1, -0.05) is 23.7 Å². The maximum Gasteiger partial charge on any atom is 0.319 e. The Balaban J connectivity index is 1.79. The van der Waals surface area contributed by atoms with Crippen molar-refractivity contribution in [1.29, 1.82) is 0 Å². The first-order valence-electron chi connectivity index (χ1n) is 7.41. The van der Waals surface area contributed by atoms with Gasteiger partial charge in [-0.2, -0.15) is 5.10 Å². The Morgan fingerprint density at radius 1 is 1.26 bits per heavy atom. The van der Waals surface area contributed by atoms with Crippen LogP contribution in [0.5, 0.6) is 0 Å². The predicted molar refractivity (Wildman–Crippen MR) is 97.3 cm³/mol. The SMILES string of the molecule is O=C(CNC(=O)Nc1ccc([N+](=O)[O-])cc1Cl)N/N=C/c1cccc(F)c1. The topological polar surface area (TPSA) is 126 Å². The number of rotatable bonds is 6. The Bertz CT molecular complexity index is 906. The molecule has 11 heteroatoms. The van der Waals surface area contributed by atoms with Crippen molar-refractivity contribution in [3.05, 3.63) is 69.0 Å². The Hall–Kier alpha value is -3.53. The van der Waals surface area contributed by atoms with Gasteiger partial charge < -0.3 is 10.6 Å². The summed E-state index contributed by atoms with van der Waals surface area (Å²) in [7, 11) is 0. The van der Waals surface area contributed by atoms with Crippen LogP contribution in [0.1, 0.15) is 5.56 Å². The van der Waals surface area contributed by atoms with E-state index in [9.17, 15) is 24.1 Å². The lowest BCUT2D eigenvalue weighted by molar-refractivity contribution is -0.384. The molecule has 9 nitrogen and oxygen atoms in total. The molecule has 0 aliphatic rings. The fraction of sp³-hybridized carbons (Fsp3) is 0.0625. The summed E-state index contributed by atoms with van der Waals surface area (Å²) >= 11 is 5.85. The molecule has 0 aliphatic heterocycles. The normalized spacial score (nSPS) is 10.4. The fourth-order valence-electron chi connectivity index (χ4n) is 1.85. The van der Waals surface area contributed by atoms with Crippen molar-refractivity contribution < 1.29 is 18.9 Å². The summed E-state index contributed by atoms with van der Waals surface area (Å²) in [6, 6.07) is 8.39. The number of non-ortho nitro benzene ring substituents is 1. The van der Waals surface area contributed by atoms with Crippen LogP contribution in [-0.2, 0) is 4.79 Å². The summed E-state index contributed by atoms with van der Waals surface area (Å²) in [4.78, 5) is 33.4. The molecule has 0 aliphatic carbocycles. The lowest BCUT2D eigenvalue weighted by atomic mass is 10.2. The van der Waals surface area contributed by atoms with E-state index in [1.54, 1.807) is 6.07 Å². The molecule has 0 fully saturated rings. The van der Waals surface area contributed by atoms with Crippen molar-refractivity contribution in [3.63, 3.8) is 0 Å². The van der Waals surface area contributed by atoms with Gasteiger partial charge >= 0.3 is 6.03 Å². The molecule has 2 rings (SSSR count). The van der Waals surface area contributed by atoms with Gasteiger partial charge in [-0.05, 0) is 23.8 Å². The van der Waals surface area contributed by atoms with E-state index >= 15 is 0 Å². The summed E-state index contributed by atoms with van der Waals surface area (Å²) in [5.41, 5.74) is 2.54. The van der Waals surface area contributed by atoms with E-state index in [0.717, 1.165) is 6.07 Å². The summed E-state index contributed by atoms with van der Waals surface area (Å²) in [5.74, 6) is -1.05. The molecule has 27 heavy (non-hydrogen) atoms. The first kappa shape index (κ1) is 19.8. The van der Waals surface area contributed by atoms with Gasteiger partial charge in [-0.15, -0.1) is 0 Å². The number of nitro groups is 1. The zero-order valence-corrected chi connectivity index (χ0v) is 14.4. The average molecular weight is 394 g/mol. The lowest BCUT2D eigenvalue weighted by Gasteiger charge is -2.08. The van der Waals surface area contributed by atoms with Crippen molar-refractivity contribution in [2.45, 2.75) is 0 Å². The number of halogens is 2. The van der Waals surface area contributed by atoms with Gasteiger partial charge in [0.2, 0.25) is 0 Å². The van der Waals surface area contributed by atoms with Crippen LogP contribution >= 0.6 is 11.6 Å². The van der Waals surface area contributed by atoms with E-state index in [4.69, 9.17) is 11.6 Å². The summed E-state index contributed by atoms with van der Waals surface area (Å²) in [5, 5.41) is 18.9. The van der Waals surface area contributed by atoms with Crippen LogP contribution in [0.25, 0.3) is 0 Å². The third kappa shape index (κ3) is 6.36. The third-order valence-electron chi connectivity index (χ3n) is 3.07. The minimum absolute atomic E-state index is 0.0245. The van der Waals surface area contributed by atoms with E-state index < -0.39 is 29.2 Å². The highest BCUT2D eigenvalue weighted by atomic mass is 35.5. The molecule has 0 heterocycles. The van der Waals surface area contributed by atoms with Gasteiger partial charge in [-0.25, -0.2) is 14.6 Å². The second-order valence-corrected chi connectivity index (χ2v) is 5.48. The zero-order valence-electron chi connectivity index (χ0n) is 13.6. The van der Waals surface area contributed by atoms with Crippen LogP contribution in [0.15, 0.2) is 47.6 Å². The van der Waals surface area contributed by atoms with Gasteiger partial charge in [0.15, 0.2) is 0 Å². The number of carbonyl (C=O) groups excluding carboxylic acids is 2. The molecule has 0 atom stereocenters. The number of nitrogens with one attached hydrogen (secondary N) is 3. The molecule has 0 saturated carbocycles. The minimum atomic E-state index is -0.741. The van der Waals surface area contributed by atoms with E-state index in [1.807, 2.05) is 0 Å². The first-order chi connectivity index (χ1) is 12.8. The fourth-order valence-corrected chi connectivity index (χ4v) is 2.07. The van der Waals surface area contributed by atoms with E-state index in [0.29, 0.717) is 5.56 Å². The standard InChI is InChI=1S/C16H13ClFN5O4/c17-13-7-12(23(26)27)4-5-14(13)21-16(25)19-9-15(24)22-20-8-10-2-1-3-11(18)6-10/h1-8H,9H2,(H,22,24)(H2,19,21,25)/b20-8+. The lowest BCUT2D eigenvalue weighted by Crippen LogP contribution is -2.37. The third-order valence-corrected chi connectivity index (χ3v) is 3.39. The number of urea groups is 1. The molecule has 0 radical (unpaired) electrons. The number of hydrazone groups is 1. The van der Waals surface area contributed by atoms with Crippen LogP contribution in [-0.4, -0.2) is 29.6 Å². The number of benzene rings is 2. The highest BCUT2D eigenvalue weighted by Crippen LogP contribution is 2.26. The summed E-state index contributed by atoms with van der Waals surface area (Å²) in [6.07, 6.45) is 1.25. The highest BCUT2D eigenvalue weighted by molar-refractivity contribution is 6.33. The number of hydrogen-bond donors (Lipinski definition) is 3. The maximum absolute atomic E-state index is 13.0. The molecular formula is C16H13ClFN5O4. The zero-order chi connectivity index (χ0) is 19.8. The van der Waals surface area contributed by atoms with Crippen molar-refractivity contribution in [1.82, 2.24) is 10.7 Å².